The lowest BCUT2D eigenvalue weighted by Crippen LogP contribution is -2.49. The molecule has 5 nitrogen and oxygen atoms in total. The van der Waals surface area contributed by atoms with Crippen LogP contribution in [0.4, 0.5) is 8.78 Å². The highest BCUT2D eigenvalue weighted by Gasteiger charge is 2.50. The fourth-order valence-electron chi connectivity index (χ4n) is 3.30. The SMILES string of the molecule is CCOCC1CN(C(=O)C2CC(F)(F)C2)Cc2cn(C)nc21. The van der Waals surface area contributed by atoms with Crippen LogP contribution < -0.4 is 0 Å². The molecule has 2 aliphatic rings. The van der Waals surface area contributed by atoms with Crippen molar-refractivity contribution in [2.75, 3.05) is 19.8 Å². The number of carbonyl (C=O) groups excluding carboxylic acids is 1. The molecule has 1 saturated carbocycles. The summed E-state index contributed by atoms with van der Waals surface area (Å²) in [6.07, 6.45) is 1.25. The molecule has 1 atom stereocenters. The second-order valence-corrected chi connectivity index (χ2v) is 6.25. The molecule has 1 unspecified atom stereocenters. The van der Waals surface area contributed by atoms with Gasteiger partial charge in [0.05, 0.1) is 12.3 Å². The summed E-state index contributed by atoms with van der Waals surface area (Å²) in [5, 5.41) is 4.46. The van der Waals surface area contributed by atoms with Crippen molar-refractivity contribution in [3.05, 3.63) is 17.5 Å². The lowest BCUT2D eigenvalue weighted by atomic mass is 9.80. The van der Waals surface area contributed by atoms with E-state index in [0.29, 0.717) is 26.3 Å². The van der Waals surface area contributed by atoms with Gasteiger partial charge < -0.3 is 9.64 Å². The average Bonchev–Trinajstić information content (AvgIpc) is 2.81. The van der Waals surface area contributed by atoms with E-state index in [2.05, 4.69) is 5.10 Å². The van der Waals surface area contributed by atoms with Crippen LogP contribution in [0.3, 0.4) is 0 Å². The molecular formula is C15H21F2N3O2. The van der Waals surface area contributed by atoms with Gasteiger partial charge in [-0.05, 0) is 6.92 Å². The molecule has 0 radical (unpaired) electrons. The highest BCUT2D eigenvalue weighted by atomic mass is 19.3. The summed E-state index contributed by atoms with van der Waals surface area (Å²) in [5.41, 5.74) is 1.94. The molecule has 0 spiro atoms. The van der Waals surface area contributed by atoms with Gasteiger partial charge in [-0.3, -0.25) is 9.48 Å². The van der Waals surface area contributed by atoms with Gasteiger partial charge >= 0.3 is 0 Å². The zero-order valence-corrected chi connectivity index (χ0v) is 12.9. The molecule has 3 rings (SSSR count). The Hall–Kier alpha value is -1.50. The topological polar surface area (TPSA) is 47.4 Å². The van der Waals surface area contributed by atoms with Gasteiger partial charge in [0.1, 0.15) is 0 Å². The van der Waals surface area contributed by atoms with E-state index in [9.17, 15) is 13.6 Å². The summed E-state index contributed by atoms with van der Waals surface area (Å²) in [7, 11) is 1.84. The van der Waals surface area contributed by atoms with Gasteiger partial charge in [-0.25, -0.2) is 8.78 Å². The first kappa shape index (κ1) is 15.4. The summed E-state index contributed by atoms with van der Waals surface area (Å²) in [6, 6.07) is 0. The van der Waals surface area contributed by atoms with E-state index < -0.39 is 11.8 Å². The quantitative estimate of drug-likeness (QED) is 0.853. The second-order valence-electron chi connectivity index (χ2n) is 6.25. The van der Waals surface area contributed by atoms with Gasteiger partial charge in [0.25, 0.3) is 0 Å². The second kappa shape index (κ2) is 5.61. The number of fused-ring (bicyclic) bond motifs is 1. The van der Waals surface area contributed by atoms with Crippen molar-refractivity contribution in [3.63, 3.8) is 0 Å². The maximum Gasteiger partial charge on any atom is 0.249 e. The van der Waals surface area contributed by atoms with Crippen molar-refractivity contribution in [2.45, 2.75) is 38.2 Å². The molecule has 0 bridgehead atoms. The van der Waals surface area contributed by atoms with E-state index in [1.54, 1.807) is 9.58 Å². The smallest absolute Gasteiger partial charge is 0.249 e. The number of hydrogen-bond donors (Lipinski definition) is 0. The highest BCUT2D eigenvalue weighted by molar-refractivity contribution is 5.80. The zero-order chi connectivity index (χ0) is 15.9. The maximum absolute atomic E-state index is 13.0. The van der Waals surface area contributed by atoms with Crippen molar-refractivity contribution in [1.82, 2.24) is 14.7 Å². The van der Waals surface area contributed by atoms with Crippen LogP contribution in [0.25, 0.3) is 0 Å². The average molecular weight is 313 g/mol. The lowest BCUT2D eigenvalue weighted by Gasteiger charge is -2.39. The van der Waals surface area contributed by atoms with E-state index in [1.165, 1.54) is 0 Å². The molecular weight excluding hydrogens is 292 g/mol. The van der Waals surface area contributed by atoms with Crippen molar-refractivity contribution in [2.24, 2.45) is 13.0 Å². The van der Waals surface area contributed by atoms with E-state index in [0.717, 1.165) is 11.3 Å². The van der Waals surface area contributed by atoms with Gasteiger partial charge in [-0.15, -0.1) is 0 Å². The van der Waals surface area contributed by atoms with Crippen LogP contribution in [0.1, 0.15) is 36.9 Å². The molecule has 1 aliphatic heterocycles. The Bertz CT molecular complexity index is 565. The number of rotatable bonds is 4. The van der Waals surface area contributed by atoms with E-state index in [1.807, 2.05) is 20.2 Å². The number of carbonyl (C=O) groups is 1. The minimum atomic E-state index is -2.67. The van der Waals surface area contributed by atoms with Gasteiger partial charge in [0, 0.05) is 63.2 Å². The predicted octanol–water partition coefficient (Wildman–Crippen LogP) is 1.93. The summed E-state index contributed by atoms with van der Waals surface area (Å²) in [5.74, 6) is -3.36. The first-order chi connectivity index (χ1) is 10.4. The lowest BCUT2D eigenvalue weighted by molar-refractivity contribution is -0.161. The first-order valence-electron chi connectivity index (χ1n) is 7.66. The van der Waals surface area contributed by atoms with Crippen LogP contribution >= 0.6 is 0 Å². The fraction of sp³-hybridized carbons (Fsp3) is 0.733. The highest BCUT2D eigenvalue weighted by Crippen LogP contribution is 2.44. The van der Waals surface area contributed by atoms with Crippen molar-refractivity contribution in [3.8, 4) is 0 Å². The normalized spacial score (nSPS) is 24.0. The van der Waals surface area contributed by atoms with Gasteiger partial charge in [-0.2, -0.15) is 5.10 Å². The molecule has 2 heterocycles. The number of aryl methyl sites for hydroxylation is 1. The van der Waals surface area contributed by atoms with Crippen molar-refractivity contribution >= 4 is 5.91 Å². The standard InChI is InChI=1S/C15H21F2N3O2/c1-3-22-9-12-8-20(7-11-6-19(2)18-13(11)12)14(21)10-4-15(16,17)5-10/h6,10,12H,3-5,7-9H2,1-2H3. The molecule has 7 heteroatoms. The number of amides is 1. The van der Waals surface area contributed by atoms with Crippen LogP contribution in [-0.2, 0) is 23.1 Å². The minimum Gasteiger partial charge on any atom is -0.381 e. The Balaban J connectivity index is 1.73. The Kier molecular flexibility index (Phi) is 3.92. The van der Waals surface area contributed by atoms with E-state index in [-0.39, 0.29) is 24.7 Å². The Morgan fingerprint density at radius 1 is 1.50 bits per heavy atom. The number of nitrogens with zero attached hydrogens (tertiary/aromatic N) is 3. The van der Waals surface area contributed by atoms with Crippen LogP contribution in [0.15, 0.2) is 6.20 Å². The molecule has 0 saturated heterocycles. The maximum atomic E-state index is 13.0. The number of alkyl halides is 2. The van der Waals surface area contributed by atoms with Gasteiger partial charge in [-0.1, -0.05) is 0 Å². The molecule has 1 aromatic rings. The van der Waals surface area contributed by atoms with Gasteiger partial charge in [0.15, 0.2) is 0 Å². The summed E-state index contributed by atoms with van der Waals surface area (Å²) in [4.78, 5) is 14.1. The third-order valence-corrected chi connectivity index (χ3v) is 4.40. The first-order valence-corrected chi connectivity index (χ1v) is 7.66. The number of hydrogen-bond acceptors (Lipinski definition) is 3. The van der Waals surface area contributed by atoms with Crippen molar-refractivity contribution in [1.29, 1.82) is 0 Å². The Labute approximate surface area is 128 Å². The molecule has 1 aromatic heterocycles. The van der Waals surface area contributed by atoms with Crippen LogP contribution in [0.2, 0.25) is 0 Å². The summed E-state index contributed by atoms with van der Waals surface area (Å²) < 4.78 is 33.2. The van der Waals surface area contributed by atoms with Crippen LogP contribution in [0.5, 0.6) is 0 Å². The van der Waals surface area contributed by atoms with E-state index >= 15 is 0 Å². The molecule has 1 fully saturated rings. The fourth-order valence-corrected chi connectivity index (χ4v) is 3.30. The number of aromatic nitrogens is 2. The van der Waals surface area contributed by atoms with Crippen LogP contribution in [-0.4, -0.2) is 46.3 Å². The summed E-state index contributed by atoms with van der Waals surface area (Å²) >= 11 is 0. The Morgan fingerprint density at radius 3 is 2.86 bits per heavy atom. The molecule has 1 amide bonds. The Morgan fingerprint density at radius 2 is 2.23 bits per heavy atom. The number of ether oxygens (including phenoxy) is 1. The predicted molar refractivity (Wildman–Crippen MR) is 75.5 cm³/mol. The van der Waals surface area contributed by atoms with Gasteiger partial charge in [0.2, 0.25) is 11.8 Å². The summed E-state index contributed by atoms with van der Waals surface area (Å²) in [6.45, 7) is 3.95. The molecule has 22 heavy (non-hydrogen) atoms. The van der Waals surface area contributed by atoms with Crippen molar-refractivity contribution < 1.29 is 18.3 Å². The monoisotopic (exact) mass is 313 g/mol. The van der Waals surface area contributed by atoms with E-state index in [4.69, 9.17) is 4.74 Å². The number of halogens is 2. The molecule has 122 valence electrons. The molecule has 0 N–H and O–H groups in total. The third-order valence-electron chi connectivity index (χ3n) is 4.40. The van der Waals surface area contributed by atoms with Crippen LogP contribution in [0, 0.1) is 5.92 Å². The minimum absolute atomic E-state index is 0.00874. The largest absolute Gasteiger partial charge is 0.381 e. The zero-order valence-electron chi connectivity index (χ0n) is 12.9. The third kappa shape index (κ3) is 2.86. The molecule has 0 aromatic carbocycles. The molecule has 1 aliphatic carbocycles.